The average molecular weight is 274 g/mol. The largest absolute Gasteiger partial charge is 0.438 e. The molecule has 0 saturated heterocycles. The summed E-state index contributed by atoms with van der Waals surface area (Å²) in [5.74, 6) is 2.07. The van der Waals surface area contributed by atoms with Crippen molar-refractivity contribution in [3.05, 3.63) is 53.2 Å². The van der Waals surface area contributed by atoms with Gasteiger partial charge < -0.3 is 10.1 Å². The first-order valence-electron chi connectivity index (χ1n) is 6.00. The maximum atomic E-state index is 5.85. The lowest BCUT2D eigenvalue weighted by molar-refractivity contribution is 0.461. The van der Waals surface area contributed by atoms with Gasteiger partial charge in [-0.3, -0.25) is 4.99 Å². The zero-order valence-corrected chi connectivity index (χ0v) is 10.9. The van der Waals surface area contributed by atoms with E-state index >= 15 is 0 Å². The van der Waals surface area contributed by atoms with Gasteiger partial charge in [0.2, 0.25) is 5.88 Å². The molecule has 0 radical (unpaired) electrons. The Labute approximate surface area is 116 Å². The predicted molar refractivity (Wildman–Crippen MR) is 75.2 cm³/mol. The van der Waals surface area contributed by atoms with Gasteiger partial charge in [0.05, 0.1) is 12.1 Å². The maximum Gasteiger partial charge on any atom is 0.230 e. The quantitative estimate of drug-likeness (QED) is 0.935. The highest BCUT2D eigenvalue weighted by atomic mass is 35.5. The summed E-state index contributed by atoms with van der Waals surface area (Å²) in [6.45, 7) is 1.63. The molecule has 1 N–H and O–H groups in total. The second-order valence-corrected chi connectivity index (χ2v) is 4.51. The van der Waals surface area contributed by atoms with Crippen molar-refractivity contribution >= 4 is 17.4 Å². The van der Waals surface area contributed by atoms with Crippen LogP contribution in [0.3, 0.4) is 0 Å². The number of pyridine rings is 1. The lowest BCUT2D eigenvalue weighted by Gasteiger charge is -2.10. The molecule has 4 nitrogen and oxygen atoms in total. The number of hydrogen-bond donors (Lipinski definition) is 1. The van der Waals surface area contributed by atoms with Gasteiger partial charge in [0.1, 0.15) is 11.6 Å². The number of rotatable bonds is 3. The van der Waals surface area contributed by atoms with Crippen LogP contribution in [0, 0.1) is 0 Å². The van der Waals surface area contributed by atoms with Crippen molar-refractivity contribution in [2.45, 2.75) is 0 Å². The molecule has 0 spiro atoms. The van der Waals surface area contributed by atoms with Gasteiger partial charge in [-0.05, 0) is 36.4 Å². The number of halogens is 1. The van der Waals surface area contributed by atoms with Crippen LogP contribution in [-0.2, 0) is 0 Å². The van der Waals surface area contributed by atoms with Crippen molar-refractivity contribution in [3.8, 4) is 11.6 Å². The number of aromatic nitrogens is 1. The minimum Gasteiger partial charge on any atom is -0.438 e. The Morgan fingerprint density at radius 2 is 2.00 bits per heavy atom. The van der Waals surface area contributed by atoms with Crippen molar-refractivity contribution in [2.75, 3.05) is 13.1 Å². The Bertz CT molecular complexity index is 610. The monoisotopic (exact) mass is 273 g/mol. The third kappa shape index (κ3) is 2.69. The zero-order chi connectivity index (χ0) is 13.1. The molecule has 0 bridgehead atoms. The van der Waals surface area contributed by atoms with Gasteiger partial charge in [-0.2, -0.15) is 0 Å². The van der Waals surface area contributed by atoms with Crippen LogP contribution in [-0.4, -0.2) is 23.9 Å². The molecule has 1 aliphatic rings. The summed E-state index contributed by atoms with van der Waals surface area (Å²) in [6, 6.07) is 11.0. The summed E-state index contributed by atoms with van der Waals surface area (Å²) >= 11 is 5.85. The summed E-state index contributed by atoms with van der Waals surface area (Å²) in [5, 5.41) is 3.89. The number of benzene rings is 1. The van der Waals surface area contributed by atoms with E-state index < -0.39 is 0 Å². The fourth-order valence-electron chi connectivity index (χ4n) is 1.84. The van der Waals surface area contributed by atoms with Crippen molar-refractivity contribution in [3.63, 3.8) is 0 Å². The number of hydrogen-bond acceptors (Lipinski definition) is 4. The van der Waals surface area contributed by atoms with E-state index in [-0.39, 0.29) is 0 Å². The van der Waals surface area contributed by atoms with E-state index in [2.05, 4.69) is 15.3 Å². The molecule has 0 atom stereocenters. The highest BCUT2D eigenvalue weighted by Gasteiger charge is 2.14. The molecule has 19 heavy (non-hydrogen) atoms. The van der Waals surface area contributed by atoms with Crippen molar-refractivity contribution < 1.29 is 4.74 Å². The average Bonchev–Trinajstić information content (AvgIpc) is 2.96. The van der Waals surface area contributed by atoms with Crippen LogP contribution < -0.4 is 10.1 Å². The van der Waals surface area contributed by atoms with E-state index in [0.717, 1.165) is 24.5 Å². The molecule has 2 aromatic rings. The van der Waals surface area contributed by atoms with E-state index in [0.29, 0.717) is 16.7 Å². The Hall–Kier alpha value is -2.07. The minimum atomic E-state index is 0.540. The topological polar surface area (TPSA) is 46.5 Å². The molecule has 1 aromatic carbocycles. The van der Waals surface area contributed by atoms with Crippen molar-refractivity contribution in [2.24, 2.45) is 4.99 Å². The Kier molecular flexibility index (Phi) is 3.33. The van der Waals surface area contributed by atoms with Crippen LogP contribution >= 0.6 is 11.6 Å². The number of aliphatic imine (C=N–C) groups is 1. The van der Waals surface area contributed by atoms with E-state index in [1.165, 1.54) is 0 Å². The second kappa shape index (κ2) is 5.28. The van der Waals surface area contributed by atoms with E-state index in [1.807, 2.05) is 24.3 Å². The van der Waals surface area contributed by atoms with Gasteiger partial charge in [0.15, 0.2) is 0 Å². The van der Waals surface area contributed by atoms with E-state index in [9.17, 15) is 0 Å². The van der Waals surface area contributed by atoms with Crippen LogP contribution in [0.5, 0.6) is 11.6 Å². The molecule has 1 aliphatic heterocycles. The van der Waals surface area contributed by atoms with Gasteiger partial charge in [0.25, 0.3) is 0 Å². The summed E-state index contributed by atoms with van der Waals surface area (Å²) in [4.78, 5) is 8.65. The van der Waals surface area contributed by atoms with Crippen LogP contribution in [0.1, 0.15) is 5.56 Å². The zero-order valence-electron chi connectivity index (χ0n) is 10.1. The van der Waals surface area contributed by atoms with Gasteiger partial charge in [-0.1, -0.05) is 11.6 Å². The molecular formula is C14H12ClN3O. The fourth-order valence-corrected chi connectivity index (χ4v) is 1.97. The molecule has 0 saturated carbocycles. The Morgan fingerprint density at radius 1 is 1.16 bits per heavy atom. The maximum absolute atomic E-state index is 5.85. The van der Waals surface area contributed by atoms with Gasteiger partial charge in [-0.25, -0.2) is 4.98 Å². The van der Waals surface area contributed by atoms with Crippen molar-refractivity contribution in [1.29, 1.82) is 0 Å². The highest BCUT2D eigenvalue weighted by Crippen LogP contribution is 2.24. The summed E-state index contributed by atoms with van der Waals surface area (Å²) < 4.78 is 5.79. The summed E-state index contributed by atoms with van der Waals surface area (Å²) in [5.41, 5.74) is 0.870. The molecule has 0 unspecified atom stereocenters. The molecule has 0 aliphatic carbocycles. The first kappa shape index (κ1) is 12.0. The molecule has 2 heterocycles. The third-order valence-corrected chi connectivity index (χ3v) is 2.98. The first-order chi connectivity index (χ1) is 9.33. The molecule has 5 heteroatoms. The first-order valence-corrected chi connectivity index (χ1v) is 6.38. The number of nitrogens with one attached hydrogen (secondary N) is 1. The molecule has 96 valence electrons. The van der Waals surface area contributed by atoms with Gasteiger partial charge in [0, 0.05) is 17.8 Å². The van der Waals surface area contributed by atoms with Gasteiger partial charge >= 0.3 is 0 Å². The predicted octanol–water partition coefficient (Wildman–Crippen LogP) is 2.88. The number of nitrogens with zero attached hydrogens (tertiary/aromatic N) is 2. The second-order valence-electron chi connectivity index (χ2n) is 4.07. The van der Waals surface area contributed by atoms with Gasteiger partial charge in [-0.15, -0.1) is 0 Å². The molecular weight excluding hydrogens is 262 g/mol. The lowest BCUT2D eigenvalue weighted by atomic mass is 10.2. The third-order valence-electron chi connectivity index (χ3n) is 2.73. The summed E-state index contributed by atoms with van der Waals surface area (Å²) in [7, 11) is 0. The van der Waals surface area contributed by atoms with Crippen LogP contribution in [0.4, 0.5) is 0 Å². The molecule has 1 aromatic heterocycles. The normalized spacial score (nSPS) is 13.8. The van der Waals surface area contributed by atoms with Crippen molar-refractivity contribution in [1.82, 2.24) is 10.3 Å². The Morgan fingerprint density at radius 3 is 2.74 bits per heavy atom. The van der Waals surface area contributed by atoms with Crippen LogP contribution in [0.2, 0.25) is 5.02 Å². The molecule has 0 amide bonds. The van der Waals surface area contributed by atoms with Crippen LogP contribution in [0.15, 0.2) is 47.6 Å². The standard InChI is InChI=1S/C14H12ClN3O/c15-10-3-5-11(6-4-10)19-14-12(2-1-7-18-14)13-16-8-9-17-13/h1-7H,8-9H2,(H,16,17). The van der Waals surface area contributed by atoms with E-state index in [1.54, 1.807) is 18.3 Å². The minimum absolute atomic E-state index is 0.540. The molecule has 0 fully saturated rings. The highest BCUT2D eigenvalue weighted by molar-refractivity contribution is 6.30. The number of ether oxygens (including phenoxy) is 1. The molecule has 3 rings (SSSR count). The smallest absolute Gasteiger partial charge is 0.230 e. The SMILES string of the molecule is Clc1ccc(Oc2ncccc2C2=NCCN2)cc1. The van der Waals surface area contributed by atoms with Crippen LogP contribution in [0.25, 0.3) is 0 Å². The summed E-state index contributed by atoms with van der Waals surface area (Å²) in [6.07, 6.45) is 1.70. The van der Waals surface area contributed by atoms with E-state index in [4.69, 9.17) is 16.3 Å². The Balaban J connectivity index is 1.90. The number of amidine groups is 1. The lowest BCUT2D eigenvalue weighted by Crippen LogP contribution is -2.20. The fraction of sp³-hybridized carbons (Fsp3) is 0.143.